The van der Waals surface area contributed by atoms with Gasteiger partial charge in [-0.05, 0) is 50.1 Å². The average molecular weight is 451 g/mol. The fourth-order valence-corrected chi connectivity index (χ4v) is 4.29. The van der Waals surface area contributed by atoms with Crippen LogP contribution < -0.4 is 15.0 Å². The van der Waals surface area contributed by atoms with E-state index in [9.17, 15) is 9.59 Å². The second kappa shape index (κ2) is 9.48. The van der Waals surface area contributed by atoms with Crippen LogP contribution in [0.1, 0.15) is 33.6 Å². The molecule has 4 rings (SSSR count). The van der Waals surface area contributed by atoms with Crippen LogP contribution in [0, 0.1) is 0 Å². The molecule has 2 unspecified atom stereocenters. The van der Waals surface area contributed by atoms with Crippen LogP contribution in [-0.2, 0) is 9.59 Å². The molecule has 32 heavy (non-hydrogen) atoms. The lowest BCUT2D eigenvalue weighted by molar-refractivity contribution is -0.129. The van der Waals surface area contributed by atoms with Gasteiger partial charge in [0, 0.05) is 23.2 Å². The first kappa shape index (κ1) is 22.0. The van der Waals surface area contributed by atoms with Gasteiger partial charge in [0.15, 0.2) is 6.10 Å². The molecule has 166 valence electrons. The van der Waals surface area contributed by atoms with Crippen LogP contribution in [-0.4, -0.2) is 40.5 Å². The van der Waals surface area contributed by atoms with Crippen molar-refractivity contribution in [2.45, 2.75) is 45.8 Å². The third-order valence-electron chi connectivity index (χ3n) is 5.44. The molecule has 0 saturated heterocycles. The second-order valence-corrected chi connectivity index (χ2v) is 8.61. The molecule has 7 nitrogen and oxygen atoms in total. The van der Waals surface area contributed by atoms with E-state index in [2.05, 4.69) is 10.3 Å². The number of thiazole rings is 1. The van der Waals surface area contributed by atoms with E-state index in [4.69, 9.17) is 9.72 Å². The fraction of sp³-hybridized carbons (Fsp3) is 0.333. The Morgan fingerprint density at radius 2 is 2.09 bits per heavy atom. The van der Waals surface area contributed by atoms with Crippen LogP contribution in [0.3, 0.4) is 0 Å². The number of carbonyl (C=O) groups is 2. The number of nitrogens with zero attached hydrogens (tertiary/aromatic N) is 3. The van der Waals surface area contributed by atoms with Crippen molar-refractivity contribution in [3.05, 3.63) is 48.0 Å². The predicted octanol–water partition coefficient (Wildman–Crippen LogP) is 4.29. The molecule has 8 heteroatoms. The van der Waals surface area contributed by atoms with Crippen LogP contribution >= 0.6 is 11.3 Å². The highest BCUT2D eigenvalue weighted by Crippen LogP contribution is 2.38. The zero-order chi connectivity index (χ0) is 22.7. The SMILES string of the molecule is CCC(C)NC(=O)CN1C(=O)C(CC)Oc2ccc(-c3csc(-c4ccccn4)n3)cc21. The van der Waals surface area contributed by atoms with Crippen LogP contribution in [0.15, 0.2) is 48.0 Å². The monoisotopic (exact) mass is 450 g/mol. The Labute approximate surface area is 191 Å². The first-order valence-electron chi connectivity index (χ1n) is 10.8. The van der Waals surface area contributed by atoms with E-state index in [1.165, 1.54) is 16.2 Å². The molecule has 3 aromatic rings. The van der Waals surface area contributed by atoms with Crippen LogP contribution in [0.2, 0.25) is 0 Å². The highest BCUT2D eigenvalue weighted by Gasteiger charge is 2.35. The Hall–Kier alpha value is -3.26. The first-order chi connectivity index (χ1) is 15.5. The van der Waals surface area contributed by atoms with Crippen LogP contribution in [0.4, 0.5) is 5.69 Å². The minimum Gasteiger partial charge on any atom is -0.478 e. The number of hydrogen-bond acceptors (Lipinski definition) is 6. The Balaban J connectivity index is 1.66. The third-order valence-corrected chi connectivity index (χ3v) is 6.30. The quantitative estimate of drug-likeness (QED) is 0.580. The van der Waals surface area contributed by atoms with Gasteiger partial charge >= 0.3 is 0 Å². The molecular weight excluding hydrogens is 424 g/mol. The summed E-state index contributed by atoms with van der Waals surface area (Å²) in [6.45, 7) is 5.80. The lowest BCUT2D eigenvalue weighted by Gasteiger charge is -2.34. The number of nitrogens with one attached hydrogen (secondary N) is 1. The fourth-order valence-electron chi connectivity index (χ4n) is 3.48. The van der Waals surface area contributed by atoms with Gasteiger partial charge in [0.25, 0.3) is 5.91 Å². The lowest BCUT2D eigenvalue weighted by Crippen LogP contribution is -2.50. The highest BCUT2D eigenvalue weighted by atomic mass is 32.1. The molecule has 2 aromatic heterocycles. The summed E-state index contributed by atoms with van der Waals surface area (Å²) in [5.41, 5.74) is 3.03. The Morgan fingerprint density at radius 1 is 1.25 bits per heavy atom. The molecule has 2 amide bonds. The maximum Gasteiger partial charge on any atom is 0.268 e. The van der Waals surface area contributed by atoms with Gasteiger partial charge in [0.2, 0.25) is 5.91 Å². The van der Waals surface area contributed by atoms with Gasteiger partial charge in [-0.25, -0.2) is 4.98 Å². The molecule has 1 aromatic carbocycles. The molecule has 3 heterocycles. The lowest BCUT2D eigenvalue weighted by atomic mass is 10.1. The molecule has 0 radical (unpaired) electrons. The van der Waals surface area contributed by atoms with E-state index in [0.29, 0.717) is 17.9 Å². The maximum absolute atomic E-state index is 13.0. The molecule has 1 aliphatic heterocycles. The van der Waals surface area contributed by atoms with Gasteiger partial charge in [-0.1, -0.05) is 19.9 Å². The standard InChI is InChI=1S/C24H26N4O3S/c1-4-15(3)26-22(29)13-28-19-12-16(9-10-21(19)31-20(5-2)24(28)30)18-14-32-23(27-18)17-8-6-7-11-25-17/h6-12,14-15,20H,4-5,13H2,1-3H3,(H,26,29). The third kappa shape index (κ3) is 4.50. The van der Waals surface area contributed by atoms with Crippen LogP contribution in [0.5, 0.6) is 5.75 Å². The summed E-state index contributed by atoms with van der Waals surface area (Å²) in [5, 5.41) is 5.72. The van der Waals surface area contributed by atoms with Gasteiger partial charge < -0.3 is 10.1 Å². The summed E-state index contributed by atoms with van der Waals surface area (Å²) >= 11 is 1.51. The number of aromatic nitrogens is 2. The minimum atomic E-state index is -0.597. The van der Waals surface area contributed by atoms with E-state index < -0.39 is 6.10 Å². The van der Waals surface area contributed by atoms with Crippen molar-refractivity contribution in [3.8, 4) is 27.7 Å². The van der Waals surface area contributed by atoms with Crippen molar-refractivity contribution in [1.29, 1.82) is 0 Å². The summed E-state index contributed by atoms with van der Waals surface area (Å²) < 4.78 is 5.92. The number of amides is 2. The molecule has 0 bridgehead atoms. The van der Waals surface area contributed by atoms with Crippen molar-refractivity contribution in [2.24, 2.45) is 0 Å². The highest BCUT2D eigenvalue weighted by molar-refractivity contribution is 7.13. The van der Waals surface area contributed by atoms with E-state index in [1.54, 1.807) is 6.20 Å². The molecule has 0 fully saturated rings. The molecule has 1 aliphatic rings. The number of carbonyl (C=O) groups excluding carboxylic acids is 2. The van der Waals surface area contributed by atoms with Gasteiger partial charge in [-0.3, -0.25) is 19.5 Å². The topological polar surface area (TPSA) is 84.4 Å². The summed E-state index contributed by atoms with van der Waals surface area (Å²) in [5.74, 6) is 0.201. The van der Waals surface area contributed by atoms with Gasteiger partial charge in [-0.2, -0.15) is 0 Å². The Kier molecular flexibility index (Phi) is 6.50. The molecule has 1 N–H and O–H groups in total. The summed E-state index contributed by atoms with van der Waals surface area (Å²) in [6, 6.07) is 11.4. The van der Waals surface area contributed by atoms with Crippen molar-refractivity contribution in [1.82, 2.24) is 15.3 Å². The van der Waals surface area contributed by atoms with Crippen molar-refractivity contribution >= 4 is 28.8 Å². The molecule has 0 spiro atoms. The van der Waals surface area contributed by atoms with E-state index in [0.717, 1.165) is 28.4 Å². The number of pyridine rings is 1. The zero-order valence-corrected chi connectivity index (χ0v) is 19.2. The van der Waals surface area contributed by atoms with E-state index >= 15 is 0 Å². The number of anilines is 1. The number of fused-ring (bicyclic) bond motifs is 1. The maximum atomic E-state index is 13.0. The van der Waals surface area contributed by atoms with Crippen molar-refractivity contribution in [2.75, 3.05) is 11.4 Å². The van der Waals surface area contributed by atoms with E-state index in [-0.39, 0.29) is 24.4 Å². The normalized spacial score (nSPS) is 16.3. The minimum absolute atomic E-state index is 0.0459. The van der Waals surface area contributed by atoms with Gasteiger partial charge in [0.1, 0.15) is 17.3 Å². The summed E-state index contributed by atoms with van der Waals surface area (Å²) in [6.07, 6.45) is 2.50. The largest absolute Gasteiger partial charge is 0.478 e. The second-order valence-electron chi connectivity index (χ2n) is 7.75. The molecule has 2 atom stereocenters. The van der Waals surface area contributed by atoms with Crippen molar-refractivity contribution in [3.63, 3.8) is 0 Å². The van der Waals surface area contributed by atoms with Crippen molar-refractivity contribution < 1.29 is 14.3 Å². The molecule has 0 saturated carbocycles. The van der Waals surface area contributed by atoms with E-state index in [1.807, 2.05) is 62.5 Å². The van der Waals surface area contributed by atoms with Gasteiger partial charge in [-0.15, -0.1) is 11.3 Å². The average Bonchev–Trinajstić information content (AvgIpc) is 3.31. The zero-order valence-electron chi connectivity index (χ0n) is 18.4. The Bertz CT molecular complexity index is 1120. The predicted molar refractivity (Wildman–Crippen MR) is 126 cm³/mol. The number of hydrogen-bond donors (Lipinski definition) is 1. The summed E-state index contributed by atoms with van der Waals surface area (Å²) in [4.78, 5) is 36.2. The number of benzene rings is 1. The van der Waals surface area contributed by atoms with Crippen LogP contribution in [0.25, 0.3) is 22.0 Å². The Morgan fingerprint density at radius 3 is 2.81 bits per heavy atom. The number of rotatable bonds is 7. The summed E-state index contributed by atoms with van der Waals surface area (Å²) in [7, 11) is 0. The first-order valence-corrected chi connectivity index (χ1v) is 11.7. The number of ether oxygens (including phenoxy) is 1. The smallest absolute Gasteiger partial charge is 0.268 e. The molecule has 0 aliphatic carbocycles. The molecular formula is C24H26N4O3S. The van der Waals surface area contributed by atoms with Gasteiger partial charge in [0.05, 0.1) is 17.1 Å².